The summed E-state index contributed by atoms with van der Waals surface area (Å²) in [6, 6.07) is 5.08. The predicted octanol–water partition coefficient (Wildman–Crippen LogP) is 2.44. The molecular formula is C11H11Cl2N3O. The molecule has 1 N–H and O–H groups in total. The van der Waals surface area contributed by atoms with Crippen LogP contribution in [0.25, 0.3) is 10.9 Å². The number of rotatable bonds is 2. The second kappa shape index (κ2) is 4.64. The van der Waals surface area contributed by atoms with Gasteiger partial charge in [0.05, 0.1) is 22.1 Å². The van der Waals surface area contributed by atoms with Gasteiger partial charge in [-0.15, -0.1) is 0 Å². The van der Waals surface area contributed by atoms with E-state index in [1.165, 1.54) is 4.57 Å². The Kier molecular flexibility index (Phi) is 3.38. The summed E-state index contributed by atoms with van der Waals surface area (Å²) >= 11 is 12.0. The van der Waals surface area contributed by atoms with E-state index in [-0.39, 0.29) is 17.0 Å². The van der Waals surface area contributed by atoms with E-state index in [9.17, 15) is 4.79 Å². The third kappa shape index (κ3) is 2.04. The van der Waals surface area contributed by atoms with Crippen LogP contribution in [0.1, 0.15) is 13.1 Å². The maximum Gasteiger partial charge on any atom is 0.263 e. The highest BCUT2D eigenvalue weighted by Gasteiger charge is 2.14. The Morgan fingerprint density at radius 1 is 1.41 bits per heavy atom. The first-order chi connectivity index (χ1) is 8.06. The zero-order chi connectivity index (χ0) is 12.6. The molecule has 1 atom stereocenters. The van der Waals surface area contributed by atoms with E-state index in [2.05, 4.69) is 10.3 Å². The van der Waals surface area contributed by atoms with Gasteiger partial charge in [-0.3, -0.25) is 9.36 Å². The molecule has 2 rings (SSSR count). The van der Waals surface area contributed by atoms with E-state index in [1.807, 2.05) is 6.92 Å². The standard InChI is InChI=1S/C11H11Cl2N3O/c1-6(14-2)16-10(17)7-4-3-5-8(12)9(7)15-11(16)13/h3-6,14H,1-2H3. The van der Waals surface area contributed by atoms with Crippen LogP contribution in [0.2, 0.25) is 10.3 Å². The molecule has 1 aromatic carbocycles. The second-order valence-electron chi connectivity index (χ2n) is 3.66. The van der Waals surface area contributed by atoms with Crippen molar-refractivity contribution in [3.05, 3.63) is 38.9 Å². The molecule has 1 unspecified atom stereocenters. The lowest BCUT2D eigenvalue weighted by molar-refractivity contribution is 0.461. The van der Waals surface area contributed by atoms with E-state index in [4.69, 9.17) is 23.2 Å². The van der Waals surface area contributed by atoms with Crippen molar-refractivity contribution in [2.24, 2.45) is 0 Å². The van der Waals surface area contributed by atoms with Crippen LogP contribution in [0.4, 0.5) is 0 Å². The molecule has 4 nitrogen and oxygen atoms in total. The van der Waals surface area contributed by atoms with Crippen molar-refractivity contribution in [2.45, 2.75) is 13.1 Å². The topological polar surface area (TPSA) is 46.9 Å². The maximum absolute atomic E-state index is 12.2. The van der Waals surface area contributed by atoms with Crippen molar-refractivity contribution in [3.63, 3.8) is 0 Å². The number of hydrogen-bond acceptors (Lipinski definition) is 3. The van der Waals surface area contributed by atoms with Gasteiger partial charge in [-0.1, -0.05) is 17.7 Å². The number of fused-ring (bicyclic) bond motifs is 1. The Hall–Kier alpha value is -1.10. The molecule has 0 saturated heterocycles. The fourth-order valence-corrected chi connectivity index (χ4v) is 2.15. The molecule has 0 fully saturated rings. The number of nitrogens with one attached hydrogen (secondary N) is 1. The molecule has 1 heterocycles. The van der Waals surface area contributed by atoms with Crippen LogP contribution in [0, 0.1) is 0 Å². The van der Waals surface area contributed by atoms with Gasteiger partial charge >= 0.3 is 0 Å². The molecule has 17 heavy (non-hydrogen) atoms. The van der Waals surface area contributed by atoms with Crippen molar-refractivity contribution in [1.29, 1.82) is 0 Å². The molecule has 0 aliphatic carbocycles. The Labute approximate surface area is 108 Å². The fraction of sp³-hybridized carbons (Fsp3) is 0.273. The summed E-state index contributed by atoms with van der Waals surface area (Å²) in [4.78, 5) is 16.4. The largest absolute Gasteiger partial charge is 0.300 e. The molecule has 0 aliphatic heterocycles. The third-order valence-electron chi connectivity index (χ3n) is 2.64. The Morgan fingerprint density at radius 3 is 2.76 bits per heavy atom. The van der Waals surface area contributed by atoms with Gasteiger partial charge in [0.15, 0.2) is 0 Å². The van der Waals surface area contributed by atoms with Gasteiger partial charge in [0, 0.05) is 0 Å². The van der Waals surface area contributed by atoms with E-state index < -0.39 is 0 Å². The normalized spacial score (nSPS) is 12.9. The van der Waals surface area contributed by atoms with Gasteiger partial charge in [-0.05, 0) is 37.7 Å². The quantitative estimate of drug-likeness (QED) is 0.854. The van der Waals surface area contributed by atoms with Crippen molar-refractivity contribution in [1.82, 2.24) is 14.9 Å². The molecule has 0 spiro atoms. The Bertz CT molecular complexity index is 624. The lowest BCUT2D eigenvalue weighted by Gasteiger charge is -2.16. The summed E-state index contributed by atoms with van der Waals surface area (Å²) in [6.07, 6.45) is -0.231. The summed E-state index contributed by atoms with van der Waals surface area (Å²) in [6.45, 7) is 1.82. The minimum atomic E-state index is -0.231. The van der Waals surface area contributed by atoms with Crippen LogP contribution >= 0.6 is 23.2 Å². The van der Waals surface area contributed by atoms with Crippen LogP contribution in [-0.2, 0) is 0 Å². The van der Waals surface area contributed by atoms with Gasteiger partial charge in [-0.25, -0.2) is 4.98 Å². The van der Waals surface area contributed by atoms with Crippen LogP contribution in [0.3, 0.4) is 0 Å². The lowest BCUT2D eigenvalue weighted by Crippen LogP contribution is -2.31. The van der Waals surface area contributed by atoms with E-state index >= 15 is 0 Å². The first-order valence-corrected chi connectivity index (χ1v) is 5.85. The number of hydrogen-bond donors (Lipinski definition) is 1. The third-order valence-corrected chi connectivity index (χ3v) is 3.22. The van der Waals surface area contributed by atoms with Crippen LogP contribution < -0.4 is 10.9 Å². The first-order valence-electron chi connectivity index (χ1n) is 5.09. The highest BCUT2D eigenvalue weighted by molar-refractivity contribution is 6.35. The number of aromatic nitrogens is 2. The van der Waals surface area contributed by atoms with E-state index in [1.54, 1.807) is 25.2 Å². The number of halogens is 2. The second-order valence-corrected chi connectivity index (χ2v) is 4.40. The molecule has 0 radical (unpaired) electrons. The molecule has 0 bridgehead atoms. The van der Waals surface area contributed by atoms with Crippen molar-refractivity contribution >= 4 is 34.1 Å². The van der Waals surface area contributed by atoms with Crippen LogP contribution in [-0.4, -0.2) is 16.6 Å². The minimum absolute atomic E-state index is 0.123. The predicted molar refractivity (Wildman–Crippen MR) is 69.8 cm³/mol. The molecule has 0 amide bonds. The van der Waals surface area contributed by atoms with Gasteiger partial charge in [0.25, 0.3) is 5.56 Å². The fourth-order valence-electron chi connectivity index (χ4n) is 1.63. The molecule has 0 aliphatic rings. The van der Waals surface area contributed by atoms with Crippen molar-refractivity contribution < 1.29 is 0 Å². The molecule has 2 aromatic rings. The summed E-state index contributed by atoms with van der Waals surface area (Å²) in [7, 11) is 1.75. The molecule has 90 valence electrons. The molecular weight excluding hydrogens is 261 g/mol. The average molecular weight is 272 g/mol. The van der Waals surface area contributed by atoms with E-state index in [0.717, 1.165) is 0 Å². The van der Waals surface area contributed by atoms with Gasteiger partial charge in [0.1, 0.15) is 0 Å². The average Bonchev–Trinajstić information content (AvgIpc) is 2.30. The van der Waals surface area contributed by atoms with Crippen LogP contribution in [0.15, 0.2) is 23.0 Å². The molecule has 0 saturated carbocycles. The lowest BCUT2D eigenvalue weighted by atomic mass is 10.2. The molecule has 6 heteroatoms. The highest BCUT2D eigenvalue weighted by Crippen LogP contribution is 2.21. The summed E-state index contributed by atoms with van der Waals surface area (Å²) in [5.41, 5.74) is 0.230. The zero-order valence-electron chi connectivity index (χ0n) is 9.37. The summed E-state index contributed by atoms with van der Waals surface area (Å²) in [5, 5.41) is 3.95. The number of para-hydroxylation sites is 1. The van der Waals surface area contributed by atoms with Crippen LogP contribution in [0.5, 0.6) is 0 Å². The van der Waals surface area contributed by atoms with Gasteiger partial charge < -0.3 is 5.32 Å². The van der Waals surface area contributed by atoms with Gasteiger partial charge in [0.2, 0.25) is 5.28 Å². The summed E-state index contributed by atoms with van der Waals surface area (Å²) < 4.78 is 1.39. The smallest absolute Gasteiger partial charge is 0.263 e. The minimum Gasteiger partial charge on any atom is -0.300 e. The highest BCUT2D eigenvalue weighted by atomic mass is 35.5. The summed E-state index contributed by atoms with van der Waals surface area (Å²) in [5.74, 6) is 0. The van der Waals surface area contributed by atoms with Crippen molar-refractivity contribution in [2.75, 3.05) is 7.05 Å². The maximum atomic E-state index is 12.2. The van der Waals surface area contributed by atoms with Crippen molar-refractivity contribution in [3.8, 4) is 0 Å². The van der Waals surface area contributed by atoms with Gasteiger partial charge in [-0.2, -0.15) is 0 Å². The number of benzene rings is 1. The monoisotopic (exact) mass is 271 g/mol. The Morgan fingerprint density at radius 2 is 2.12 bits per heavy atom. The number of nitrogens with zero attached hydrogens (tertiary/aromatic N) is 2. The zero-order valence-corrected chi connectivity index (χ0v) is 10.9. The molecule has 1 aromatic heterocycles. The Balaban J connectivity index is 2.86. The first kappa shape index (κ1) is 12.4. The SMILES string of the molecule is CNC(C)n1c(Cl)nc2c(Cl)cccc2c1=O. The van der Waals surface area contributed by atoms with E-state index in [0.29, 0.717) is 15.9 Å².